The highest BCUT2D eigenvalue weighted by molar-refractivity contribution is 5.60. The largest absolute Gasteiger partial charge is 0.303 e. The second-order valence-electron chi connectivity index (χ2n) is 4.92. The molecule has 15 heavy (non-hydrogen) atoms. The van der Waals surface area contributed by atoms with Crippen LogP contribution in [-0.2, 0) is 0 Å². The van der Waals surface area contributed by atoms with Crippen molar-refractivity contribution in [3.05, 3.63) is 0 Å². The Bertz CT molecular complexity index is 201. The van der Waals surface area contributed by atoms with Crippen LogP contribution in [0.4, 0.5) is 0 Å². The molecule has 0 bridgehead atoms. The van der Waals surface area contributed by atoms with E-state index in [4.69, 9.17) is 0 Å². The summed E-state index contributed by atoms with van der Waals surface area (Å²) in [7, 11) is 2.18. The smallest absolute Gasteiger partial charge is 0.0488 e. The van der Waals surface area contributed by atoms with E-state index in [0.717, 1.165) is 32.1 Å². The van der Waals surface area contributed by atoms with Gasteiger partial charge in [0.25, 0.3) is 0 Å². The van der Waals surface area contributed by atoms with Crippen molar-refractivity contribution in [1.82, 2.24) is 9.91 Å². The summed E-state index contributed by atoms with van der Waals surface area (Å²) in [5, 5.41) is 6.85. The summed E-state index contributed by atoms with van der Waals surface area (Å²) in [5.41, 5.74) is 0. The molecule has 2 fully saturated rings. The van der Waals surface area contributed by atoms with Crippen molar-refractivity contribution < 1.29 is 0 Å². The van der Waals surface area contributed by atoms with Gasteiger partial charge in [-0.15, -0.1) is 0 Å². The van der Waals surface area contributed by atoms with E-state index in [2.05, 4.69) is 28.3 Å². The topological polar surface area (TPSA) is 18.8 Å². The van der Waals surface area contributed by atoms with Crippen molar-refractivity contribution in [2.45, 2.75) is 32.1 Å². The zero-order chi connectivity index (χ0) is 10.5. The molecule has 0 atom stereocenters. The van der Waals surface area contributed by atoms with Gasteiger partial charge in [-0.1, -0.05) is 19.3 Å². The van der Waals surface area contributed by atoms with E-state index in [1.54, 1.807) is 0 Å². The summed E-state index contributed by atoms with van der Waals surface area (Å²) in [6.07, 6.45) is 9.16. The minimum absolute atomic E-state index is 0.762. The van der Waals surface area contributed by atoms with Crippen LogP contribution in [0.2, 0.25) is 0 Å². The van der Waals surface area contributed by atoms with Crippen molar-refractivity contribution in [3.63, 3.8) is 0 Å². The third kappa shape index (κ3) is 3.49. The monoisotopic (exact) mass is 209 g/mol. The van der Waals surface area contributed by atoms with E-state index in [1.807, 2.05) is 0 Å². The lowest BCUT2D eigenvalue weighted by Gasteiger charge is -2.30. The maximum absolute atomic E-state index is 4.62. The van der Waals surface area contributed by atoms with E-state index >= 15 is 0 Å². The molecular weight excluding hydrogens is 186 g/mol. The Labute approximate surface area is 93.1 Å². The van der Waals surface area contributed by atoms with Crippen LogP contribution in [0.25, 0.3) is 0 Å². The van der Waals surface area contributed by atoms with Crippen LogP contribution >= 0.6 is 0 Å². The Morgan fingerprint density at radius 1 is 1.00 bits per heavy atom. The average Bonchev–Trinajstić information content (AvgIpc) is 2.30. The second-order valence-corrected chi connectivity index (χ2v) is 4.92. The van der Waals surface area contributed by atoms with Gasteiger partial charge < -0.3 is 4.90 Å². The fraction of sp³-hybridized carbons (Fsp3) is 0.917. The Balaban J connectivity index is 1.73. The molecule has 1 heterocycles. The predicted octanol–water partition coefficient (Wildman–Crippen LogP) is 1.80. The molecule has 2 rings (SSSR count). The van der Waals surface area contributed by atoms with Crippen LogP contribution in [0.5, 0.6) is 0 Å². The van der Waals surface area contributed by atoms with E-state index in [1.165, 1.54) is 32.1 Å². The summed E-state index contributed by atoms with van der Waals surface area (Å²) in [5.74, 6) is 0.762. The molecule has 0 unspecified atom stereocenters. The number of piperazine rings is 1. The van der Waals surface area contributed by atoms with Crippen molar-refractivity contribution in [2.24, 2.45) is 11.0 Å². The van der Waals surface area contributed by atoms with Gasteiger partial charge in [0.15, 0.2) is 0 Å². The quantitative estimate of drug-likeness (QED) is 0.646. The summed E-state index contributed by atoms with van der Waals surface area (Å²) < 4.78 is 0. The lowest BCUT2D eigenvalue weighted by molar-refractivity contribution is 0.158. The van der Waals surface area contributed by atoms with Crippen LogP contribution in [0, 0.1) is 5.92 Å². The van der Waals surface area contributed by atoms with Crippen molar-refractivity contribution in [2.75, 3.05) is 33.2 Å². The van der Waals surface area contributed by atoms with Gasteiger partial charge in [0.05, 0.1) is 0 Å². The standard InChI is InChI=1S/C12H23N3/c1-14-7-9-15(10-8-14)13-11-12-5-3-2-4-6-12/h11-12H,2-10H2,1H3/b13-11-. The van der Waals surface area contributed by atoms with E-state index in [0.29, 0.717) is 0 Å². The molecule has 0 aromatic carbocycles. The number of nitrogens with zero attached hydrogens (tertiary/aromatic N) is 3. The summed E-state index contributed by atoms with van der Waals surface area (Å²) >= 11 is 0. The number of hydrazone groups is 1. The Kier molecular flexibility index (Phi) is 4.01. The van der Waals surface area contributed by atoms with Gasteiger partial charge in [-0.25, -0.2) is 0 Å². The molecule has 1 aliphatic carbocycles. The molecule has 0 N–H and O–H groups in total. The minimum atomic E-state index is 0.762. The molecule has 3 heteroatoms. The first-order valence-electron chi connectivity index (χ1n) is 6.32. The van der Waals surface area contributed by atoms with Gasteiger partial charge in [0, 0.05) is 32.4 Å². The first-order chi connectivity index (χ1) is 7.34. The number of likely N-dealkylation sites (N-methyl/N-ethyl adjacent to an activating group) is 1. The Morgan fingerprint density at radius 3 is 2.33 bits per heavy atom. The SMILES string of the molecule is CN1CCN(/N=C\C2CCCCC2)CC1. The molecule has 0 aromatic rings. The van der Waals surface area contributed by atoms with Crippen LogP contribution < -0.4 is 0 Å². The fourth-order valence-electron chi connectivity index (χ4n) is 2.38. The van der Waals surface area contributed by atoms with Crippen LogP contribution in [0.3, 0.4) is 0 Å². The zero-order valence-electron chi connectivity index (χ0n) is 9.86. The summed E-state index contributed by atoms with van der Waals surface area (Å²) in [6, 6.07) is 0. The molecule has 1 aliphatic heterocycles. The van der Waals surface area contributed by atoms with Crippen molar-refractivity contribution in [1.29, 1.82) is 0 Å². The second kappa shape index (κ2) is 5.50. The van der Waals surface area contributed by atoms with E-state index < -0.39 is 0 Å². The van der Waals surface area contributed by atoms with Gasteiger partial charge in [-0.05, 0) is 25.8 Å². The molecule has 0 radical (unpaired) electrons. The molecule has 1 saturated heterocycles. The van der Waals surface area contributed by atoms with Crippen LogP contribution in [0.1, 0.15) is 32.1 Å². The Morgan fingerprint density at radius 2 is 1.67 bits per heavy atom. The number of hydrogen-bond acceptors (Lipinski definition) is 3. The molecule has 0 amide bonds. The average molecular weight is 209 g/mol. The van der Waals surface area contributed by atoms with Crippen LogP contribution in [-0.4, -0.2) is 49.4 Å². The summed E-state index contributed by atoms with van der Waals surface area (Å²) in [4.78, 5) is 2.37. The van der Waals surface area contributed by atoms with Gasteiger partial charge in [0.1, 0.15) is 0 Å². The Hall–Kier alpha value is -0.570. The highest BCUT2D eigenvalue weighted by Crippen LogP contribution is 2.22. The predicted molar refractivity (Wildman–Crippen MR) is 64.1 cm³/mol. The molecule has 3 nitrogen and oxygen atoms in total. The van der Waals surface area contributed by atoms with Crippen LogP contribution in [0.15, 0.2) is 5.10 Å². The third-order valence-corrected chi connectivity index (χ3v) is 3.57. The van der Waals surface area contributed by atoms with Gasteiger partial charge in [-0.2, -0.15) is 5.10 Å². The zero-order valence-corrected chi connectivity index (χ0v) is 9.86. The fourth-order valence-corrected chi connectivity index (χ4v) is 2.38. The van der Waals surface area contributed by atoms with Gasteiger partial charge >= 0.3 is 0 Å². The van der Waals surface area contributed by atoms with E-state index in [9.17, 15) is 0 Å². The lowest BCUT2D eigenvalue weighted by Crippen LogP contribution is -2.41. The molecule has 0 aromatic heterocycles. The maximum atomic E-state index is 4.62. The molecule has 86 valence electrons. The third-order valence-electron chi connectivity index (χ3n) is 3.57. The number of rotatable bonds is 2. The first kappa shape index (κ1) is 10.9. The summed E-state index contributed by atoms with van der Waals surface area (Å²) in [6.45, 7) is 4.50. The molecular formula is C12H23N3. The highest BCUT2D eigenvalue weighted by atomic mass is 15.5. The maximum Gasteiger partial charge on any atom is 0.0488 e. The number of hydrogen-bond donors (Lipinski definition) is 0. The highest BCUT2D eigenvalue weighted by Gasteiger charge is 2.13. The van der Waals surface area contributed by atoms with E-state index in [-0.39, 0.29) is 0 Å². The van der Waals surface area contributed by atoms with Gasteiger partial charge in [-0.3, -0.25) is 5.01 Å². The van der Waals surface area contributed by atoms with Crippen molar-refractivity contribution in [3.8, 4) is 0 Å². The lowest BCUT2D eigenvalue weighted by atomic mass is 9.90. The molecule has 0 spiro atoms. The normalized spacial score (nSPS) is 26.3. The first-order valence-corrected chi connectivity index (χ1v) is 6.32. The molecule has 2 aliphatic rings. The van der Waals surface area contributed by atoms with Gasteiger partial charge in [0.2, 0.25) is 0 Å². The van der Waals surface area contributed by atoms with Crippen molar-refractivity contribution >= 4 is 6.21 Å². The molecule has 1 saturated carbocycles. The minimum Gasteiger partial charge on any atom is -0.303 e.